The van der Waals surface area contributed by atoms with E-state index in [9.17, 15) is 23.5 Å². The minimum Gasteiger partial charge on any atom is -0.507 e. The van der Waals surface area contributed by atoms with Crippen molar-refractivity contribution in [2.75, 3.05) is 0 Å². The van der Waals surface area contributed by atoms with Gasteiger partial charge >= 0.3 is 5.97 Å². The first kappa shape index (κ1) is 11.8. The quantitative estimate of drug-likeness (QED) is 0.467. The van der Waals surface area contributed by atoms with Crippen LogP contribution in [0.3, 0.4) is 0 Å². The van der Waals surface area contributed by atoms with E-state index in [1.165, 1.54) is 0 Å². The average molecular weight is 228 g/mol. The molecule has 16 heavy (non-hydrogen) atoms. The molecule has 0 spiro atoms. The van der Waals surface area contributed by atoms with Gasteiger partial charge in [0.15, 0.2) is 0 Å². The predicted molar refractivity (Wildman–Crippen MR) is 49.6 cm³/mol. The van der Waals surface area contributed by atoms with Crippen molar-refractivity contribution in [2.45, 2.75) is 0 Å². The fraction of sp³-hybridized carbons (Fsp3) is 0. The van der Waals surface area contributed by atoms with Crippen LogP contribution in [0.4, 0.5) is 8.78 Å². The molecule has 0 bridgehead atoms. The summed E-state index contributed by atoms with van der Waals surface area (Å²) in [5.74, 6) is -6.55. The zero-order chi connectivity index (χ0) is 12.3. The van der Waals surface area contributed by atoms with Gasteiger partial charge in [0.25, 0.3) is 5.78 Å². The van der Waals surface area contributed by atoms with Crippen LogP contribution < -0.4 is 0 Å². The van der Waals surface area contributed by atoms with Crippen LogP contribution in [0.15, 0.2) is 24.3 Å². The summed E-state index contributed by atoms with van der Waals surface area (Å²) in [6.45, 7) is 0. The number of halogens is 2. The van der Waals surface area contributed by atoms with Crippen molar-refractivity contribution in [3.05, 3.63) is 41.5 Å². The number of hydrogen-bond donors (Lipinski definition) is 2. The molecule has 0 radical (unpaired) electrons. The number of aliphatic carboxylic acids is 1. The molecule has 0 fully saturated rings. The Morgan fingerprint density at radius 1 is 1.12 bits per heavy atom. The minimum atomic E-state index is -1.83. The lowest BCUT2D eigenvalue weighted by atomic mass is 10.1. The molecule has 4 nitrogen and oxygen atoms in total. The second-order valence-electron chi connectivity index (χ2n) is 2.80. The molecule has 6 heteroatoms. The fourth-order valence-electron chi connectivity index (χ4n) is 1.00. The molecule has 1 aromatic carbocycles. The summed E-state index contributed by atoms with van der Waals surface area (Å²) in [5, 5.41) is 17.4. The van der Waals surface area contributed by atoms with Crippen molar-refractivity contribution >= 4 is 17.5 Å². The summed E-state index contributed by atoms with van der Waals surface area (Å²) in [5.41, 5.74) is -0.836. The highest BCUT2D eigenvalue weighted by molar-refractivity contribution is 6.38. The molecular formula is C10H6F2O4. The van der Waals surface area contributed by atoms with Crippen LogP contribution in [-0.4, -0.2) is 22.0 Å². The Bertz CT molecular complexity index is 459. The van der Waals surface area contributed by atoms with Gasteiger partial charge in [-0.2, -0.15) is 0 Å². The van der Waals surface area contributed by atoms with Crippen molar-refractivity contribution in [1.29, 1.82) is 0 Å². The molecular weight excluding hydrogens is 222 g/mol. The van der Waals surface area contributed by atoms with Gasteiger partial charge in [-0.05, 0) is 12.1 Å². The standard InChI is InChI=1S/C10H6F2O4/c11-5-2-1-3-6(12)9(5)7(13)4-8(14)10(15)16/h1-4,13H,(H,15,16)/b7-4-. The average Bonchev–Trinajstić information content (AvgIpc) is 2.16. The van der Waals surface area contributed by atoms with Gasteiger partial charge in [-0.1, -0.05) is 6.07 Å². The number of ketones is 1. The Balaban J connectivity index is 3.19. The number of carboxylic acids is 1. The molecule has 1 aromatic rings. The summed E-state index contributed by atoms with van der Waals surface area (Å²) in [4.78, 5) is 20.8. The molecule has 0 unspecified atom stereocenters. The number of benzene rings is 1. The van der Waals surface area contributed by atoms with Crippen LogP contribution in [0.1, 0.15) is 5.56 Å². The molecule has 2 N–H and O–H groups in total. The first-order chi connectivity index (χ1) is 7.43. The van der Waals surface area contributed by atoms with Crippen LogP contribution in [0.2, 0.25) is 0 Å². The Labute approximate surface area is 88.4 Å². The molecule has 0 saturated heterocycles. The Hall–Kier alpha value is -2.24. The molecule has 0 aromatic heterocycles. The van der Waals surface area contributed by atoms with Crippen LogP contribution in [0.5, 0.6) is 0 Å². The molecule has 0 amide bonds. The lowest BCUT2D eigenvalue weighted by Gasteiger charge is -2.02. The first-order valence-corrected chi connectivity index (χ1v) is 4.05. The predicted octanol–water partition coefficient (Wildman–Crippen LogP) is 1.52. The summed E-state index contributed by atoms with van der Waals surface area (Å²) in [7, 11) is 0. The number of carbonyl (C=O) groups is 2. The third-order valence-corrected chi connectivity index (χ3v) is 1.70. The van der Waals surface area contributed by atoms with Gasteiger partial charge in [-0.25, -0.2) is 13.6 Å². The number of aliphatic hydroxyl groups excluding tert-OH is 1. The zero-order valence-electron chi connectivity index (χ0n) is 7.78. The van der Waals surface area contributed by atoms with Crippen molar-refractivity contribution in [3.63, 3.8) is 0 Å². The van der Waals surface area contributed by atoms with Crippen molar-refractivity contribution in [3.8, 4) is 0 Å². The lowest BCUT2D eigenvalue weighted by Crippen LogP contribution is -2.10. The second kappa shape index (κ2) is 4.52. The molecule has 0 heterocycles. The van der Waals surface area contributed by atoms with Gasteiger partial charge in [0.2, 0.25) is 0 Å². The summed E-state index contributed by atoms with van der Waals surface area (Å²) >= 11 is 0. The highest BCUT2D eigenvalue weighted by atomic mass is 19.1. The third-order valence-electron chi connectivity index (χ3n) is 1.70. The summed E-state index contributed by atoms with van der Waals surface area (Å²) in [6.07, 6.45) is 0.240. The Morgan fingerprint density at radius 2 is 1.62 bits per heavy atom. The highest BCUT2D eigenvalue weighted by Gasteiger charge is 2.16. The number of rotatable bonds is 3. The topological polar surface area (TPSA) is 74.6 Å². The molecule has 0 saturated carbocycles. The van der Waals surface area contributed by atoms with E-state index >= 15 is 0 Å². The highest BCUT2D eigenvalue weighted by Crippen LogP contribution is 2.19. The zero-order valence-corrected chi connectivity index (χ0v) is 7.78. The van der Waals surface area contributed by atoms with E-state index < -0.39 is 34.7 Å². The minimum absolute atomic E-state index is 0.240. The van der Waals surface area contributed by atoms with Crippen LogP contribution >= 0.6 is 0 Å². The first-order valence-electron chi connectivity index (χ1n) is 4.05. The summed E-state index contributed by atoms with van der Waals surface area (Å²) < 4.78 is 26.1. The van der Waals surface area contributed by atoms with Crippen molar-refractivity contribution in [2.24, 2.45) is 0 Å². The number of aliphatic hydroxyl groups is 1. The molecule has 0 aliphatic carbocycles. The number of carboxylic acid groups (broad SMARTS) is 1. The summed E-state index contributed by atoms with van der Waals surface area (Å²) in [6, 6.07) is 2.81. The van der Waals surface area contributed by atoms with Gasteiger partial charge in [0, 0.05) is 6.08 Å². The molecule has 0 aliphatic heterocycles. The monoisotopic (exact) mass is 228 g/mol. The normalized spacial score (nSPS) is 11.2. The smallest absolute Gasteiger partial charge is 0.376 e. The number of hydrogen-bond acceptors (Lipinski definition) is 3. The third kappa shape index (κ3) is 2.41. The van der Waals surface area contributed by atoms with E-state index in [0.717, 1.165) is 18.2 Å². The van der Waals surface area contributed by atoms with E-state index in [1.54, 1.807) is 0 Å². The van der Waals surface area contributed by atoms with Gasteiger partial charge < -0.3 is 10.2 Å². The van der Waals surface area contributed by atoms with Gasteiger partial charge in [0.1, 0.15) is 17.4 Å². The maximum Gasteiger partial charge on any atom is 0.376 e. The van der Waals surface area contributed by atoms with E-state index in [-0.39, 0.29) is 6.08 Å². The van der Waals surface area contributed by atoms with E-state index in [2.05, 4.69) is 0 Å². The van der Waals surface area contributed by atoms with E-state index in [1.807, 2.05) is 0 Å². The fourth-order valence-corrected chi connectivity index (χ4v) is 1.00. The van der Waals surface area contributed by atoms with Gasteiger partial charge in [-0.3, -0.25) is 4.79 Å². The van der Waals surface area contributed by atoms with Crippen LogP contribution in [0, 0.1) is 11.6 Å². The Kier molecular flexibility index (Phi) is 3.34. The van der Waals surface area contributed by atoms with Gasteiger partial charge in [-0.15, -0.1) is 0 Å². The molecule has 0 atom stereocenters. The largest absolute Gasteiger partial charge is 0.507 e. The Morgan fingerprint density at radius 3 is 2.06 bits per heavy atom. The van der Waals surface area contributed by atoms with Crippen molar-refractivity contribution < 1.29 is 28.6 Å². The van der Waals surface area contributed by atoms with E-state index in [4.69, 9.17) is 5.11 Å². The van der Waals surface area contributed by atoms with E-state index in [0.29, 0.717) is 0 Å². The van der Waals surface area contributed by atoms with Crippen molar-refractivity contribution in [1.82, 2.24) is 0 Å². The van der Waals surface area contributed by atoms with Crippen LogP contribution in [0.25, 0.3) is 5.76 Å². The maximum absolute atomic E-state index is 13.1. The van der Waals surface area contributed by atoms with Gasteiger partial charge in [0.05, 0.1) is 5.56 Å². The second-order valence-corrected chi connectivity index (χ2v) is 2.80. The van der Waals surface area contributed by atoms with Crippen LogP contribution in [-0.2, 0) is 9.59 Å². The molecule has 84 valence electrons. The molecule has 0 aliphatic rings. The number of carbonyl (C=O) groups excluding carboxylic acids is 1. The SMILES string of the molecule is O=C(O)C(=O)/C=C(\O)c1c(F)cccc1F. The maximum atomic E-state index is 13.1. The molecule has 1 rings (SSSR count). The lowest BCUT2D eigenvalue weighted by molar-refractivity contribution is -0.146.